The summed E-state index contributed by atoms with van der Waals surface area (Å²) < 4.78 is 24.3. The lowest BCUT2D eigenvalue weighted by Gasteiger charge is -2.11. The Morgan fingerprint density at radius 2 is 0.548 bits per heavy atom. The van der Waals surface area contributed by atoms with Crippen LogP contribution in [0.5, 0.6) is 0 Å². The van der Waals surface area contributed by atoms with Gasteiger partial charge in [-0.15, -0.1) is 0 Å². The molecule has 0 aliphatic rings. The van der Waals surface area contributed by atoms with Gasteiger partial charge in [0.25, 0.3) is 14.7 Å². The standard InChI is InChI=1S/2C12H11O2P.H2O/c2*13-15(14,11-7-3-1-4-8-11)12-9-5-2-6-10-12;/h2*1-10H,(H,13,14);1H2. The van der Waals surface area contributed by atoms with E-state index < -0.39 is 14.7 Å². The van der Waals surface area contributed by atoms with Gasteiger partial charge in [-0.1, -0.05) is 72.8 Å². The van der Waals surface area contributed by atoms with E-state index in [1.54, 1.807) is 97.1 Å². The second kappa shape index (κ2) is 11.0. The van der Waals surface area contributed by atoms with Gasteiger partial charge in [0.05, 0.1) is 0 Å². The third kappa shape index (κ3) is 6.11. The molecule has 7 heteroatoms. The van der Waals surface area contributed by atoms with Crippen LogP contribution in [0.3, 0.4) is 0 Å². The van der Waals surface area contributed by atoms with Crippen molar-refractivity contribution in [1.82, 2.24) is 0 Å². The second-order valence-electron chi connectivity index (χ2n) is 6.49. The predicted molar refractivity (Wildman–Crippen MR) is 128 cm³/mol. The van der Waals surface area contributed by atoms with Crippen molar-refractivity contribution in [2.24, 2.45) is 0 Å². The van der Waals surface area contributed by atoms with E-state index in [1.807, 2.05) is 24.3 Å². The van der Waals surface area contributed by atoms with Gasteiger partial charge in [0.1, 0.15) is 0 Å². The molecular formula is C24H24O5P2. The highest BCUT2D eigenvalue weighted by Crippen LogP contribution is 2.38. The van der Waals surface area contributed by atoms with Gasteiger partial charge in [-0.05, 0) is 48.5 Å². The molecule has 160 valence electrons. The molecule has 0 aliphatic heterocycles. The molecule has 31 heavy (non-hydrogen) atoms. The Balaban J connectivity index is 0.000000213. The molecule has 0 saturated carbocycles. The van der Waals surface area contributed by atoms with Crippen LogP contribution < -0.4 is 21.2 Å². The van der Waals surface area contributed by atoms with Crippen molar-refractivity contribution in [1.29, 1.82) is 0 Å². The zero-order valence-electron chi connectivity index (χ0n) is 16.7. The molecule has 4 aromatic carbocycles. The van der Waals surface area contributed by atoms with Crippen molar-refractivity contribution in [3.05, 3.63) is 121 Å². The molecule has 0 heterocycles. The maximum atomic E-state index is 12.2. The first kappa shape index (κ1) is 24.5. The molecule has 0 aromatic heterocycles. The first-order valence-electron chi connectivity index (χ1n) is 9.30. The van der Waals surface area contributed by atoms with Crippen LogP contribution in [0.15, 0.2) is 121 Å². The van der Waals surface area contributed by atoms with E-state index in [1.165, 1.54) is 0 Å². The van der Waals surface area contributed by atoms with Gasteiger partial charge in [-0.25, -0.2) is 0 Å². The molecule has 0 spiro atoms. The molecule has 0 bridgehead atoms. The summed E-state index contributed by atoms with van der Waals surface area (Å²) in [5.41, 5.74) is 0. The quantitative estimate of drug-likeness (QED) is 0.463. The fourth-order valence-corrected chi connectivity index (χ4v) is 5.72. The Morgan fingerprint density at radius 1 is 0.387 bits per heavy atom. The summed E-state index contributed by atoms with van der Waals surface area (Å²) in [6.07, 6.45) is 0. The Hall–Kier alpha value is -2.78. The maximum Gasteiger partial charge on any atom is 0.258 e. The van der Waals surface area contributed by atoms with Crippen molar-refractivity contribution in [2.45, 2.75) is 0 Å². The fraction of sp³-hybridized carbons (Fsp3) is 0. The monoisotopic (exact) mass is 454 g/mol. The molecule has 4 aromatic rings. The van der Waals surface area contributed by atoms with Gasteiger partial charge in [-0.3, -0.25) is 9.13 Å². The van der Waals surface area contributed by atoms with Crippen LogP contribution in [0.4, 0.5) is 0 Å². The van der Waals surface area contributed by atoms with Crippen LogP contribution in [0.25, 0.3) is 0 Å². The van der Waals surface area contributed by atoms with Gasteiger partial charge in [0.15, 0.2) is 0 Å². The minimum Gasteiger partial charge on any atom is -0.412 e. The van der Waals surface area contributed by atoms with Gasteiger partial charge >= 0.3 is 0 Å². The third-order valence-corrected chi connectivity index (χ3v) is 8.42. The number of benzene rings is 4. The number of hydrogen-bond acceptors (Lipinski definition) is 2. The van der Waals surface area contributed by atoms with Crippen LogP contribution in [0.1, 0.15) is 0 Å². The Morgan fingerprint density at radius 3 is 0.710 bits per heavy atom. The lowest BCUT2D eigenvalue weighted by atomic mass is 10.4. The second-order valence-corrected chi connectivity index (χ2v) is 10.9. The van der Waals surface area contributed by atoms with Crippen molar-refractivity contribution < 1.29 is 24.4 Å². The highest BCUT2D eigenvalue weighted by Gasteiger charge is 2.23. The fourth-order valence-electron chi connectivity index (χ4n) is 2.82. The normalized spacial score (nSPS) is 10.9. The lowest BCUT2D eigenvalue weighted by Crippen LogP contribution is -2.14. The zero-order valence-corrected chi connectivity index (χ0v) is 18.4. The molecule has 4 rings (SSSR count). The molecule has 0 radical (unpaired) electrons. The minimum atomic E-state index is -3.40. The van der Waals surface area contributed by atoms with Crippen molar-refractivity contribution in [3.63, 3.8) is 0 Å². The van der Waals surface area contributed by atoms with Gasteiger partial charge in [-0.2, -0.15) is 0 Å². The van der Waals surface area contributed by atoms with Gasteiger partial charge in [0, 0.05) is 21.2 Å². The smallest absolute Gasteiger partial charge is 0.258 e. The van der Waals surface area contributed by atoms with E-state index in [0.29, 0.717) is 21.2 Å². The molecule has 4 N–H and O–H groups in total. The summed E-state index contributed by atoms with van der Waals surface area (Å²) in [5.74, 6) is 0. The van der Waals surface area contributed by atoms with E-state index in [4.69, 9.17) is 0 Å². The highest BCUT2D eigenvalue weighted by atomic mass is 31.2. The molecule has 0 aliphatic carbocycles. The third-order valence-electron chi connectivity index (χ3n) is 4.42. The largest absolute Gasteiger partial charge is 0.412 e. The van der Waals surface area contributed by atoms with Crippen molar-refractivity contribution >= 4 is 36.0 Å². The lowest BCUT2D eigenvalue weighted by molar-refractivity contribution is 0.499. The van der Waals surface area contributed by atoms with Crippen LogP contribution >= 0.6 is 14.7 Å². The van der Waals surface area contributed by atoms with E-state index in [0.717, 1.165) is 0 Å². The Labute approximate surface area is 181 Å². The van der Waals surface area contributed by atoms with E-state index in [2.05, 4.69) is 0 Å². The summed E-state index contributed by atoms with van der Waals surface area (Å²) >= 11 is 0. The van der Waals surface area contributed by atoms with E-state index >= 15 is 0 Å². The van der Waals surface area contributed by atoms with Crippen molar-refractivity contribution in [2.75, 3.05) is 0 Å². The molecule has 0 unspecified atom stereocenters. The van der Waals surface area contributed by atoms with Crippen LogP contribution in [0, 0.1) is 0 Å². The Bertz CT molecular complexity index is 970. The summed E-state index contributed by atoms with van der Waals surface area (Å²) in [6.45, 7) is 0. The van der Waals surface area contributed by atoms with Gasteiger partial charge in [0.2, 0.25) is 0 Å². The van der Waals surface area contributed by atoms with Crippen LogP contribution in [-0.2, 0) is 9.13 Å². The number of rotatable bonds is 4. The molecule has 0 atom stereocenters. The summed E-state index contributed by atoms with van der Waals surface area (Å²) in [7, 11) is -6.79. The van der Waals surface area contributed by atoms with Crippen LogP contribution in [0.2, 0.25) is 0 Å². The topological polar surface area (TPSA) is 106 Å². The van der Waals surface area contributed by atoms with E-state index in [9.17, 15) is 18.9 Å². The average Bonchev–Trinajstić information content (AvgIpc) is 2.82. The molecule has 0 amide bonds. The Kier molecular flexibility index (Phi) is 8.70. The summed E-state index contributed by atoms with van der Waals surface area (Å²) in [4.78, 5) is 20.0. The zero-order chi connectivity index (χ0) is 21.5. The maximum absolute atomic E-state index is 12.2. The minimum absolute atomic E-state index is 0. The molecular weight excluding hydrogens is 430 g/mol. The molecule has 0 saturated heterocycles. The molecule has 0 fully saturated rings. The summed E-state index contributed by atoms with van der Waals surface area (Å²) in [5, 5.41) is 1.87. The van der Waals surface area contributed by atoms with Crippen molar-refractivity contribution in [3.8, 4) is 0 Å². The predicted octanol–water partition coefficient (Wildman–Crippen LogP) is 2.99. The SMILES string of the molecule is O.O=P(O)(c1ccccc1)c1ccccc1.O=P(O)(c1ccccc1)c1ccccc1. The number of hydrogen-bond donors (Lipinski definition) is 2. The van der Waals surface area contributed by atoms with Crippen LogP contribution in [-0.4, -0.2) is 15.3 Å². The van der Waals surface area contributed by atoms with E-state index in [-0.39, 0.29) is 5.48 Å². The first-order valence-corrected chi connectivity index (χ1v) is 12.6. The average molecular weight is 454 g/mol. The summed E-state index contributed by atoms with van der Waals surface area (Å²) in [6, 6.07) is 34.8. The highest BCUT2D eigenvalue weighted by molar-refractivity contribution is 7.73. The van der Waals surface area contributed by atoms with Gasteiger partial charge < -0.3 is 15.3 Å². The first-order chi connectivity index (χ1) is 14.4. The molecule has 5 nitrogen and oxygen atoms in total.